The molecule has 164 valence electrons. The zero-order valence-corrected chi connectivity index (χ0v) is 20.4. The summed E-state index contributed by atoms with van der Waals surface area (Å²) in [6, 6.07) is 21.3. The molecule has 1 heterocycles. The number of rotatable bonds is 8. The number of ether oxygens (including phenoxy) is 1. The average molecular weight is 522 g/mol. The molecule has 0 aliphatic carbocycles. The summed E-state index contributed by atoms with van der Waals surface area (Å²) in [7, 11) is 1.84. The quantitative estimate of drug-likeness (QED) is 0.316. The van der Waals surface area contributed by atoms with Crippen molar-refractivity contribution in [2.45, 2.75) is 12.8 Å². The van der Waals surface area contributed by atoms with E-state index in [1.165, 1.54) is 11.1 Å². The molecule has 0 amide bonds. The molecule has 1 unspecified atom stereocenters. The molecule has 3 rings (SSSR count). The number of morpholine rings is 1. The van der Waals surface area contributed by atoms with Crippen LogP contribution >= 0.6 is 24.0 Å². The number of nitrogens with zero attached hydrogens (tertiary/aromatic N) is 2. The minimum absolute atomic E-state index is 0. The number of nitrogens with one attached hydrogen (secondary N) is 2. The molecule has 1 atom stereocenters. The van der Waals surface area contributed by atoms with Gasteiger partial charge < -0.3 is 15.4 Å². The highest BCUT2D eigenvalue weighted by Gasteiger charge is 2.16. The first-order valence-electron chi connectivity index (χ1n) is 10.6. The third-order valence-electron chi connectivity index (χ3n) is 5.39. The van der Waals surface area contributed by atoms with Gasteiger partial charge in [-0.2, -0.15) is 0 Å². The van der Waals surface area contributed by atoms with Gasteiger partial charge in [-0.3, -0.25) is 9.89 Å². The maximum absolute atomic E-state index is 5.44. The van der Waals surface area contributed by atoms with Crippen LogP contribution in [0.4, 0.5) is 0 Å². The van der Waals surface area contributed by atoms with E-state index in [1.54, 1.807) is 0 Å². The zero-order valence-electron chi connectivity index (χ0n) is 18.1. The molecule has 0 spiro atoms. The first kappa shape index (κ1) is 24.6. The summed E-state index contributed by atoms with van der Waals surface area (Å²) in [4.78, 5) is 6.91. The van der Waals surface area contributed by atoms with E-state index in [0.29, 0.717) is 5.92 Å². The Balaban J connectivity index is 0.00000320. The third kappa shape index (κ3) is 7.89. The van der Waals surface area contributed by atoms with Gasteiger partial charge in [0.05, 0.1) is 13.2 Å². The molecule has 1 fully saturated rings. The standard InChI is InChI=1S/C24H34N4O.HI/c1-20(19-28-13-15-29-16-14-28)17-26-24(25-2)27-18-23(21-9-5-3-6-10-21)22-11-7-4-8-12-22;/h3-12,20,23H,13-19H2,1-2H3,(H2,25,26,27);1H. The van der Waals surface area contributed by atoms with Crippen molar-refractivity contribution >= 4 is 29.9 Å². The Morgan fingerprint density at radius 1 is 0.933 bits per heavy atom. The number of halogens is 1. The van der Waals surface area contributed by atoms with Crippen molar-refractivity contribution in [1.82, 2.24) is 15.5 Å². The van der Waals surface area contributed by atoms with Crippen molar-refractivity contribution in [3.05, 3.63) is 71.8 Å². The van der Waals surface area contributed by atoms with E-state index in [-0.39, 0.29) is 29.9 Å². The molecule has 1 aliphatic heterocycles. The SMILES string of the molecule is CN=C(NCC(C)CN1CCOCC1)NCC(c1ccccc1)c1ccccc1.I. The van der Waals surface area contributed by atoms with Gasteiger partial charge in [0.1, 0.15) is 0 Å². The first-order chi connectivity index (χ1) is 14.3. The molecule has 0 aromatic heterocycles. The summed E-state index contributed by atoms with van der Waals surface area (Å²) in [5, 5.41) is 7.03. The van der Waals surface area contributed by atoms with Crippen LogP contribution in [0.1, 0.15) is 24.0 Å². The summed E-state index contributed by atoms with van der Waals surface area (Å²) in [5.41, 5.74) is 2.62. The molecule has 1 aliphatic rings. The second kappa shape index (κ2) is 13.6. The highest BCUT2D eigenvalue weighted by Crippen LogP contribution is 2.23. The predicted octanol–water partition coefficient (Wildman–Crippen LogP) is 3.57. The Morgan fingerprint density at radius 2 is 1.47 bits per heavy atom. The largest absolute Gasteiger partial charge is 0.379 e. The topological polar surface area (TPSA) is 48.9 Å². The minimum atomic E-state index is 0. The van der Waals surface area contributed by atoms with Crippen LogP contribution in [-0.4, -0.2) is 63.8 Å². The lowest BCUT2D eigenvalue weighted by atomic mass is 9.91. The molecule has 2 aromatic carbocycles. The van der Waals surface area contributed by atoms with Crippen LogP contribution in [0, 0.1) is 5.92 Å². The highest BCUT2D eigenvalue weighted by atomic mass is 127. The van der Waals surface area contributed by atoms with Crippen molar-refractivity contribution < 1.29 is 4.74 Å². The molecule has 30 heavy (non-hydrogen) atoms. The Hall–Kier alpha value is -1.64. The van der Waals surface area contributed by atoms with Crippen molar-refractivity contribution in [3.63, 3.8) is 0 Å². The van der Waals surface area contributed by atoms with Gasteiger partial charge in [-0.25, -0.2) is 0 Å². The van der Waals surface area contributed by atoms with Crippen LogP contribution in [0.15, 0.2) is 65.7 Å². The molecule has 2 N–H and O–H groups in total. The van der Waals surface area contributed by atoms with Crippen LogP contribution in [-0.2, 0) is 4.74 Å². The van der Waals surface area contributed by atoms with Crippen LogP contribution in [0.25, 0.3) is 0 Å². The maximum Gasteiger partial charge on any atom is 0.191 e. The molecule has 6 heteroatoms. The summed E-state index contributed by atoms with van der Waals surface area (Å²) < 4.78 is 5.44. The molecule has 5 nitrogen and oxygen atoms in total. The first-order valence-corrected chi connectivity index (χ1v) is 10.6. The number of hydrogen-bond acceptors (Lipinski definition) is 3. The monoisotopic (exact) mass is 522 g/mol. The Kier molecular flexibility index (Phi) is 11.2. The summed E-state index contributed by atoms with van der Waals surface area (Å²) in [6.45, 7) is 8.84. The molecule has 0 bridgehead atoms. The normalized spacial score (nSPS) is 16.0. The second-order valence-corrected chi connectivity index (χ2v) is 7.73. The van der Waals surface area contributed by atoms with Gasteiger partial charge in [0.2, 0.25) is 0 Å². The summed E-state index contributed by atoms with van der Waals surface area (Å²) in [6.07, 6.45) is 0. The van der Waals surface area contributed by atoms with E-state index in [4.69, 9.17) is 4.74 Å². The molecular formula is C24H35IN4O. The number of hydrogen-bond donors (Lipinski definition) is 2. The smallest absolute Gasteiger partial charge is 0.191 e. The van der Waals surface area contributed by atoms with Crippen LogP contribution in [0.2, 0.25) is 0 Å². The Morgan fingerprint density at radius 3 is 2.00 bits per heavy atom. The number of benzene rings is 2. The van der Waals surface area contributed by atoms with Gasteiger partial charge in [0, 0.05) is 45.7 Å². The molecular weight excluding hydrogens is 487 g/mol. The van der Waals surface area contributed by atoms with E-state index in [0.717, 1.165) is 51.9 Å². The lowest BCUT2D eigenvalue weighted by molar-refractivity contribution is 0.0320. The van der Waals surface area contributed by atoms with Crippen LogP contribution in [0.5, 0.6) is 0 Å². The molecule has 0 saturated carbocycles. The zero-order chi connectivity index (χ0) is 20.3. The lowest BCUT2D eigenvalue weighted by Crippen LogP contribution is -2.44. The van der Waals surface area contributed by atoms with E-state index < -0.39 is 0 Å². The van der Waals surface area contributed by atoms with E-state index in [2.05, 4.69) is 88.1 Å². The molecule has 0 radical (unpaired) electrons. The predicted molar refractivity (Wildman–Crippen MR) is 136 cm³/mol. The van der Waals surface area contributed by atoms with Gasteiger partial charge in [0.15, 0.2) is 5.96 Å². The summed E-state index contributed by atoms with van der Waals surface area (Å²) >= 11 is 0. The van der Waals surface area contributed by atoms with Gasteiger partial charge in [-0.15, -0.1) is 24.0 Å². The fourth-order valence-electron chi connectivity index (χ4n) is 3.78. The summed E-state index contributed by atoms with van der Waals surface area (Å²) in [5.74, 6) is 1.68. The fraction of sp³-hybridized carbons (Fsp3) is 0.458. The van der Waals surface area contributed by atoms with Crippen molar-refractivity contribution in [2.24, 2.45) is 10.9 Å². The number of guanidine groups is 1. The molecule has 1 saturated heterocycles. The van der Waals surface area contributed by atoms with Crippen LogP contribution < -0.4 is 10.6 Å². The number of aliphatic imine (C=N–C) groups is 1. The average Bonchev–Trinajstić information content (AvgIpc) is 2.78. The van der Waals surface area contributed by atoms with Gasteiger partial charge in [0.25, 0.3) is 0 Å². The second-order valence-electron chi connectivity index (χ2n) is 7.73. The van der Waals surface area contributed by atoms with Gasteiger partial charge >= 0.3 is 0 Å². The minimum Gasteiger partial charge on any atom is -0.379 e. The van der Waals surface area contributed by atoms with E-state index in [9.17, 15) is 0 Å². The van der Waals surface area contributed by atoms with Crippen molar-refractivity contribution in [1.29, 1.82) is 0 Å². The third-order valence-corrected chi connectivity index (χ3v) is 5.39. The molecule has 2 aromatic rings. The lowest BCUT2D eigenvalue weighted by Gasteiger charge is -2.29. The van der Waals surface area contributed by atoms with Crippen molar-refractivity contribution in [2.75, 3.05) is 53.0 Å². The van der Waals surface area contributed by atoms with E-state index in [1.807, 2.05) is 7.05 Å². The Bertz CT molecular complexity index is 696. The fourth-order valence-corrected chi connectivity index (χ4v) is 3.78. The van der Waals surface area contributed by atoms with Crippen molar-refractivity contribution in [3.8, 4) is 0 Å². The van der Waals surface area contributed by atoms with Gasteiger partial charge in [-0.05, 0) is 17.0 Å². The highest BCUT2D eigenvalue weighted by molar-refractivity contribution is 14.0. The van der Waals surface area contributed by atoms with Gasteiger partial charge in [-0.1, -0.05) is 67.6 Å². The van der Waals surface area contributed by atoms with Crippen LogP contribution in [0.3, 0.4) is 0 Å². The van der Waals surface area contributed by atoms with E-state index >= 15 is 0 Å². The maximum atomic E-state index is 5.44. The Labute approximate surface area is 198 Å².